The highest BCUT2D eigenvalue weighted by Crippen LogP contribution is 2.38. The minimum Gasteiger partial charge on any atom is -0.336 e. The minimum atomic E-state index is -4.01. The Morgan fingerprint density at radius 2 is 1.60 bits per heavy atom. The molecule has 3 aromatic rings. The molecule has 1 saturated heterocycles. The quantitative estimate of drug-likeness (QED) is 0.413. The molecule has 0 spiro atoms. The van der Waals surface area contributed by atoms with Crippen molar-refractivity contribution in [2.45, 2.75) is 54.5 Å². The van der Waals surface area contributed by atoms with Crippen LogP contribution in [0.15, 0.2) is 76.5 Å². The number of benzene rings is 3. The molecule has 0 unspecified atom stereocenters. The van der Waals surface area contributed by atoms with Crippen LogP contribution in [0.25, 0.3) is 0 Å². The van der Waals surface area contributed by atoms with Crippen LogP contribution < -0.4 is 4.90 Å². The first-order valence-corrected chi connectivity index (χ1v) is 15.8. The first kappa shape index (κ1) is 27.0. The van der Waals surface area contributed by atoms with Crippen molar-refractivity contribution < 1.29 is 18.0 Å². The Kier molecular flexibility index (Phi) is 7.42. The highest BCUT2D eigenvalue weighted by Gasteiger charge is 2.36. The molecule has 0 atom stereocenters. The van der Waals surface area contributed by atoms with Crippen molar-refractivity contribution in [2.75, 3.05) is 31.1 Å². The van der Waals surface area contributed by atoms with Crippen LogP contribution >= 0.6 is 11.6 Å². The van der Waals surface area contributed by atoms with E-state index >= 15 is 0 Å². The number of fused-ring (bicyclic) bond motifs is 2. The predicted molar refractivity (Wildman–Crippen MR) is 155 cm³/mol. The SMILES string of the molecule is O=C(c1ccc2c(c1)N(Cc1cccc(Cl)c1)C(=O)c1ccccc1S2(=O)=O)N1CCN(C2CCCCC2)CC1. The third kappa shape index (κ3) is 5.04. The summed E-state index contributed by atoms with van der Waals surface area (Å²) in [6, 6.07) is 18.6. The zero-order chi connectivity index (χ0) is 27.9. The van der Waals surface area contributed by atoms with E-state index in [0.29, 0.717) is 29.7 Å². The highest BCUT2D eigenvalue weighted by atomic mass is 35.5. The molecule has 0 radical (unpaired) electrons. The van der Waals surface area contributed by atoms with Crippen LogP contribution in [0.2, 0.25) is 5.02 Å². The lowest BCUT2D eigenvalue weighted by Gasteiger charge is -2.40. The topological polar surface area (TPSA) is 78.0 Å². The van der Waals surface area contributed by atoms with Gasteiger partial charge in [0.15, 0.2) is 0 Å². The number of piperazine rings is 1. The molecule has 2 fully saturated rings. The number of hydrogen-bond acceptors (Lipinski definition) is 5. The Balaban J connectivity index is 1.34. The summed E-state index contributed by atoms with van der Waals surface area (Å²) in [6.07, 6.45) is 6.31. The van der Waals surface area contributed by atoms with Gasteiger partial charge in [-0.05, 0) is 60.9 Å². The number of rotatable bonds is 4. The van der Waals surface area contributed by atoms with Gasteiger partial charge in [0, 0.05) is 42.8 Å². The van der Waals surface area contributed by atoms with Crippen LogP contribution in [0, 0.1) is 0 Å². The molecule has 0 bridgehead atoms. The van der Waals surface area contributed by atoms with Gasteiger partial charge < -0.3 is 9.80 Å². The molecule has 1 saturated carbocycles. The molecular formula is C31H32ClN3O4S. The summed E-state index contributed by atoms with van der Waals surface area (Å²) in [5, 5.41) is 0.518. The van der Waals surface area contributed by atoms with Crippen molar-refractivity contribution in [3.8, 4) is 0 Å². The van der Waals surface area contributed by atoms with E-state index in [1.165, 1.54) is 55.2 Å². The summed E-state index contributed by atoms with van der Waals surface area (Å²) < 4.78 is 27.6. The van der Waals surface area contributed by atoms with Gasteiger partial charge in [0.25, 0.3) is 11.8 Å². The second-order valence-electron chi connectivity index (χ2n) is 10.8. The van der Waals surface area contributed by atoms with Gasteiger partial charge in [-0.25, -0.2) is 8.42 Å². The van der Waals surface area contributed by atoms with Crippen molar-refractivity contribution in [1.29, 1.82) is 0 Å². The fraction of sp³-hybridized carbons (Fsp3) is 0.355. The first-order chi connectivity index (χ1) is 19.3. The summed E-state index contributed by atoms with van der Waals surface area (Å²) in [5.41, 5.74) is 1.43. The Hall–Kier alpha value is -3.20. The first-order valence-electron chi connectivity index (χ1n) is 13.9. The molecule has 3 aromatic carbocycles. The van der Waals surface area contributed by atoms with Crippen LogP contribution in [-0.4, -0.2) is 62.3 Å². The molecule has 3 aliphatic rings. The minimum absolute atomic E-state index is 0.00601. The second-order valence-corrected chi connectivity index (χ2v) is 13.1. The van der Waals surface area contributed by atoms with Crippen LogP contribution in [0.3, 0.4) is 0 Å². The highest BCUT2D eigenvalue weighted by molar-refractivity contribution is 7.91. The number of hydrogen-bond donors (Lipinski definition) is 0. The van der Waals surface area contributed by atoms with Gasteiger partial charge in [0.05, 0.1) is 27.6 Å². The summed E-state index contributed by atoms with van der Waals surface area (Å²) in [4.78, 5) is 33.3. The molecule has 40 heavy (non-hydrogen) atoms. The average Bonchev–Trinajstić information content (AvgIpc) is 3.05. The van der Waals surface area contributed by atoms with Crippen LogP contribution in [0.5, 0.6) is 0 Å². The number of carbonyl (C=O) groups excluding carboxylic acids is 2. The molecule has 0 aromatic heterocycles. The van der Waals surface area contributed by atoms with E-state index in [0.717, 1.165) is 18.7 Å². The molecule has 2 amide bonds. The lowest BCUT2D eigenvalue weighted by molar-refractivity contribution is 0.0523. The maximum Gasteiger partial charge on any atom is 0.259 e. The zero-order valence-corrected chi connectivity index (χ0v) is 23.8. The van der Waals surface area contributed by atoms with Crippen molar-refractivity contribution >= 4 is 38.9 Å². The molecule has 9 heteroatoms. The maximum atomic E-state index is 13.9. The predicted octanol–water partition coefficient (Wildman–Crippen LogP) is 5.42. The van der Waals surface area contributed by atoms with E-state index < -0.39 is 15.7 Å². The number of carbonyl (C=O) groups is 2. The van der Waals surface area contributed by atoms with Gasteiger partial charge in [0.1, 0.15) is 0 Å². The molecule has 7 nitrogen and oxygen atoms in total. The summed E-state index contributed by atoms with van der Waals surface area (Å²) in [7, 11) is -4.01. The van der Waals surface area contributed by atoms with Gasteiger partial charge in [-0.3, -0.25) is 14.5 Å². The monoisotopic (exact) mass is 577 g/mol. The lowest BCUT2D eigenvalue weighted by atomic mass is 9.94. The third-order valence-electron chi connectivity index (χ3n) is 8.36. The summed E-state index contributed by atoms with van der Waals surface area (Å²) in [5.74, 6) is -0.594. The van der Waals surface area contributed by atoms with Gasteiger partial charge >= 0.3 is 0 Å². The van der Waals surface area contributed by atoms with Gasteiger partial charge in [0.2, 0.25) is 9.84 Å². The van der Waals surface area contributed by atoms with E-state index in [9.17, 15) is 18.0 Å². The Morgan fingerprint density at radius 3 is 2.35 bits per heavy atom. The number of halogens is 1. The van der Waals surface area contributed by atoms with E-state index in [-0.39, 0.29) is 33.5 Å². The van der Waals surface area contributed by atoms with E-state index in [4.69, 9.17) is 11.6 Å². The van der Waals surface area contributed by atoms with Crippen LogP contribution in [0.1, 0.15) is 58.4 Å². The number of anilines is 1. The fourth-order valence-corrected chi connectivity index (χ4v) is 8.08. The number of amides is 2. The van der Waals surface area contributed by atoms with Gasteiger partial charge in [-0.15, -0.1) is 0 Å². The maximum absolute atomic E-state index is 13.9. The van der Waals surface area contributed by atoms with Crippen molar-refractivity contribution in [3.05, 3.63) is 88.4 Å². The molecule has 208 valence electrons. The molecular weight excluding hydrogens is 546 g/mol. The third-order valence-corrected chi connectivity index (χ3v) is 10.5. The zero-order valence-electron chi connectivity index (χ0n) is 22.3. The fourth-order valence-electron chi connectivity index (χ4n) is 6.23. The summed E-state index contributed by atoms with van der Waals surface area (Å²) >= 11 is 6.22. The normalized spacial score (nSPS) is 19.6. The van der Waals surface area contributed by atoms with Crippen LogP contribution in [-0.2, 0) is 16.4 Å². The number of sulfone groups is 1. The standard InChI is InChI=1S/C31H32ClN3O4S/c32-24-8-6-7-22(19-24)21-35-27-20-23(30(36)34-17-15-33(16-18-34)25-9-2-1-3-10-25)13-14-29(27)40(38,39)28-12-5-4-11-26(28)31(35)37/h4-8,11-14,19-20,25H,1-3,9-10,15-18,21H2. The molecule has 1 aliphatic carbocycles. The Morgan fingerprint density at radius 1 is 0.850 bits per heavy atom. The average molecular weight is 578 g/mol. The van der Waals surface area contributed by atoms with Crippen molar-refractivity contribution in [1.82, 2.24) is 9.80 Å². The smallest absolute Gasteiger partial charge is 0.259 e. The van der Waals surface area contributed by atoms with E-state index in [1.807, 2.05) is 11.0 Å². The second kappa shape index (κ2) is 11.0. The molecule has 6 rings (SSSR count). The van der Waals surface area contributed by atoms with Gasteiger partial charge in [-0.2, -0.15) is 0 Å². The van der Waals surface area contributed by atoms with Crippen molar-refractivity contribution in [2.24, 2.45) is 0 Å². The van der Waals surface area contributed by atoms with Crippen molar-refractivity contribution in [3.63, 3.8) is 0 Å². The number of nitrogens with zero attached hydrogens (tertiary/aromatic N) is 3. The van der Waals surface area contributed by atoms with E-state index in [1.54, 1.807) is 42.5 Å². The van der Waals surface area contributed by atoms with Crippen LogP contribution in [0.4, 0.5) is 5.69 Å². The van der Waals surface area contributed by atoms with Gasteiger partial charge in [-0.1, -0.05) is 55.1 Å². The largest absolute Gasteiger partial charge is 0.336 e. The Labute approximate surface area is 240 Å². The van der Waals surface area contributed by atoms with E-state index in [2.05, 4.69) is 4.90 Å². The molecule has 2 aliphatic heterocycles. The Bertz CT molecular complexity index is 1560. The molecule has 0 N–H and O–H groups in total. The lowest BCUT2D eigenvalue weighted by Crippen LogP contribution is -2.52. The summed E-state index contributed by atoms with van der Waals surface area (Å²) in [6.45, 7) is 3.03. The molecule has 2 heterocycles.